The Morgan fingerprint density at radius 2 is 2.17 bits per heavy atom. The van der Waals surface area contributed by atoms with Crippen molar-refractivity contribution < 1.29 is 4.74 Å². The molecule has 1 aliphatic rings. The van der Waals surface area contributed by atoms with Crippen LogP contribution in [0.5, 0.6) is 0 Å². The Kier molecular flexibility index (Phi) is 5.23. The van der Waals surface area contributed by atoms with Crippen molar-refractivity contribution >= 4 is 11.6 Å². The topological polar surface area (TPSA) is 49.4 Å². The molecule has 0 amide bonds. The van der Waals surface area contributed by atoms with Gasteiger partial charge in [-0.3, -0.25) is 0 Å². The first-order valence-corrected chi connectivity index (χ1v) is 6.49. The minimum atomic E-state index is 0.779. The van der Waals surface area contributed by atoms with E-state index in [4.69, 9.17) is 4.74 Å². The maximum atomic E-state index is 5.34. The summed E-state index contributed by atoms with van der Waals surface area (Å²) in [5.74, 6) is 1.88. The summed E-state index contributed by atoms with van der Waals surface area (Å²) in [4.78, 5) is 6.84. The van der Waals surface area contributed by atoms with Gasteiger partial charge in [0.2, 0.25) is 0 Å². The maximum absolute atomic E-state index is 5.34. The predicted octanol–water partition coefficient (Wildman–Crippen LogP) is 0.740. The number of rotatable bonds is 6. The largest absolute Gasteiger partial charge is 0.378 e. The van der Waals surface area contributed by atoms with Gasteiger partial charge in [-0.1, -0.05) is 0 Å². The smallest absolute Gasteiger partial charge is 0.131 e. The zero-order valence-corrected chi connectivity index (χ0v) is 10.9. The van der Waals surface area contributed by atoms with Crippen molar-refractivity contribution in [2.45, 2.75) is 6.42 Å². The summed E-state index contributed by atoms with van der Waals surface area (Å²) in [6.45, 7) is 5.31. The highest BCUT2D eigenvalue weighted by molar-refractivity contribution is 5.46. The van der Waals surface area contributed by atoms with Crippen molar-refractivity contribution in [3.63, 3.8) is 0 Å². The summed E-state index contributed by atoms with van der Waals surface area (Å²) in [5.41, 5.74) is 0. The van der Waals surface area contributed by atoms with Crippen molar-refractivity contribution in [3.8, 4) is 0 Å². The molecule has 0 unspecified atom stereocenters. The maximum Gasteiger partial charge on any atom is 0.131 e. The second kappa shape index (κ2) is 7.18. The fraction of sp³-hybridized carbons (Fsp3) is 0.615. The highest BCUT2D eigenvalue weighted by Gasteiger charge is 2.12. The Balaban J connectivity index is 1.88. The fourth-order valence-electron chi connectivity index (χ4n) is 1.91. The quantitative estimate of drug-likeness (QED) is 0.728. The van der Waals surface area contributed by atoms with Gasteiger partial charge in [0.25, 0.3) is 0 Å². The van der Waals surface area contributed by atoms with E-state index in [0.717, 1.165) is 57.4 Å². The lowest BCUT2D eigenvalue weighted by atomic mass is 10.3. The first-order chi connectivity index (χ1) is 8.90. The van der Waals surface area contributed by atoms with Crippen LogP contribution < -0.4 is 15.5 Å². The van der Waals surface area contributed by atoms with Crippen LogP contribution >= 0.6 is 0 Å². The Hall–Kier alpha value is -1.33. The molecule has 2 rings (SSSR count). The van der Waals surface area contributed by atoms with E-state index in [0.29, 0.717) is 0 Å². The van der Waals surface area contributed by atoms with Crippen molar-refractivity contribution in [2.75, 3.05) is 56.7 Å². The zero-order chi connectivity index (χ0) is 12.6. The van der Waals surface area contributed by atoms with Gasteiger partial charge in [-0.15, -0.1) is 0 Å². The molecule has 1 aromatic heterocycles. The van der Waals surface area contributed by atoms with Gasteiger partial charge < -0.3 is 20.3 Å². The van der Waals surface area contributed by atoms with Crippen molar-refractivity contribution in [3.05, 3.63) is 18.2 Å². The second-order valence-corrected chi connectivity index (χ2v) is 4.29. The minimum absolute atomic E-state index is 0.779. The van der Waals surface area contributed by atoms with E-state index in [9.17, 15) is 0 Å². The van der Waals surface area contributed by atoms with Crippen LogP contribution in [0.1, 0.15) is 6.42 Å². The SMILES string of the molecule is CNCCCNc1c[c]cc(N2CCOCC2)n1. The Bertz CT molecular complexity index is 353. The molecule has 0 spiro atoms. The van der Waals surface area contributed by atoms with Crippen LogP contribution in [0.2, 0.25) is 0 Å². The zero-order valence-electron chi connectivity index (χ0n) is 10.9. The van der Waals surface area contributed by atoms with Crippen LogP contribution in [0.15, 0.2) is 12.1 Å². The molecule has 5 nitrogen and oxygen atoms in total. The van der Waals surface area contributed by atoms with Gasteiger partial charge in [0, 0.05) is 19.6 Å². The summed E-state index contributed by atoms with van der Waals surface area (Å²) >= 11 is 0. The average Bonchev–Trinajstić information content (AvgIpc) is 2.45. The molecule has 99 valence electrons. The fourth-order valence-corrected chi connectivity index (χ4v) is 1.91. The molecule has 0 aliphatic carbocycles. The highest BCUT2D eigenvalue weighted by Crippen LogP contribution is 2.15. The van der Waals surface area contributed by atoms with Crippen molar-refractivity contribution in [2.24, 2.45) is 0 Å². The molecule has 0 atom stereocenters. The van der Waals surface area contributed by atoms with Crippen LogP contribution in [-0.2, 0) is 4.74 Å². The molecule has 0 saturated carbocycles. The monoisotopic (exact) mass is 249 g/mol. The van der Waals surface area contributed by atoms with E-state index in [2.05, 4.69) is 26.6 Å². The highest BCUT2D eigenvalue weighted by atomic mass is 16.5. The average molecular weight is 249 g/mol. The molecule has 2 heterocycles. The lowest BCUT2D eigenvalue weighted by Gasteiger charge is -2.28. The number of ether oxygens (including phenoxy) is 1. The van der Waals surface area contributed by atoms with Crippen LogP contribution in [0.25, 0.3) is 0 Å². The molecule has 0 aromatic carbocycles. The van der Waals surface area contributed by atoms with E-state index >= 15 is 0 Å². The Labute approximate surface area is 109 Å². The van der Waals surface area contributed by atoms with E-state index in [-0.39, 0.29) is 0 Å². The van der Waals surface area contributed by atoms with Crippen LogP contribution in [0, 0.1) is 6.07 Å². The minimum Gasteiger partial charge on any atom is -0.378 e. The first-order valence-electron chi connectivity index (χ1n) is 6.49. The number of aromatic nitrogens is 1. The summed E-state index contributed by atoms with van der Waals surface area (Å²) in [5, 5.41) is 6.45. The van der Waals surface area contributed by atoms with Gasteiger partial charge in [-0.25, -0.2) is 4.98 Å². The van der Waals surface area contributed by atoms with Gasteiger partial charge in [-0.2, -0.15) is 0 Å². The molecule has 1 fully saturated rings. The molecule has 5 heteroatoms. The van der Waals surface area contributed by atoms with Crippen molar-refractivity contribution in [1.82, 2.24) is 10.3 Å². The lowest BCUT2D eigenvalue weighted by molar-refractivity contribution is 0.122. The van der Waals surface area contributed by atoms with E-state index in [1.807, 2.05) is 19.2 Å². The van der Waals surface area contributed by atoms with Gasteiger partial charge in [0.1, 0.15) is 11.6 Å². The molecule has 1 radical (unpaired) electrons. The Morgan fingerprint density at radius 3 is 2.94 bits per heavy atom. The molecule has 1 aromatic rings. The van der Waals surface area contributed by atoms with E-state index in [1.165, 1.54) is 0 Å². The molecular formula is C13H21N4O. The predicted molar refractivity (Wildman–Crippen MR) is 73.1 cm³/mol. The normalized spacial score (nSPS) is 15.7. The third kappa shape index (κ3) is 3.85. The van der Waals surface area contributed by atoms with Gasteiger partial charge in [-0.05, 0) is 38.2 Å². The first kappa shape index (κ1) is 13.1. The van der Waals surface area contributed by atoms with Gasteiger partial charge in [0.15, 0.2) is 0 Å². The summed E-state index contributed by atoms with van der Waals surface area (Å²) in [6.07, 6.45) is 1.08. The van der Waals surface area contributed by atoms with Gasteiger partial charge >= 0.3 is 0 Å². The number of morpholine rings is 1. The van der Waals surface area contributed by atoms with Crippen LogP contribution in [0.3, 0.4) is 0 Å². The number of hydrogen-bond donors (Lipinski definition) is 2. The molecule has 0 bridgehead atoms. The number of pyridine rings is 1. The number of nitrogens with zero attached hydrogens (tertiary/aromatic N) is 2. The molecule has 1 aliphatic heterocycles. The summed E-state index contributed by atoms with van der Waals surface area (Å²) in [6, 6.07) is 6.97. The molecule has 18 heavy (non-hydrogen) atoms. The third-order valence-electron chi connectivity index (χ3n) is 2.91. The summed E-state index contributed by atoms with van der Waals surface area (Å²) < 4.78 is 5.34. The Morgan fingerprint density at radius 1 is 1.33 bits per heavy atom. The standard InChI is InChI=1S/C13H21N4O/c1-14-6-3-7-15-12-4-2-5-13(16-12)17-8-10-18-11-9-17/h4-5,14H,3,6-11H2,1H3,(H,15,16). The molecular weight excluding hydrogens is 228 g/mol. The second-order valence-electron chi connectivity index (χ2n) is 4.29. The molecule has 1 saturated heterocycles. The lowest BCUT2D eigenvalue weighted by Crippen LogP contribution is -2.36. The number of nitrogens with one attached hydrogen (secondary N) is 2. The summed E-state index contributed by atoms with van der Waals surface area (Å²) in [7, 11) is 1.96. The van der Waals surface area contributed by atoms with Crippen molar-refractivity contribution in [1.29, 1.82) is 0 Å². The third-order valence-corrected chi connectivity index (χ3v) is 2.91. The molecule has 2 N–H and O–H groups in total. The van der Waals surface area contributed by atoms with Crippen LogP contribution in [0.4, 0.5) is 11.6 Å². The van der Waals surface area contributed by atoms with Gasteiger partial charge in [0.05, 0.1) is 13.2 Å². The number of anilines is 2. The van der Waals surface area contributed by atoms with E-state index < -0.39 is 0 Å². The van der Waals surface area contributed by atoms with E-state index in [1.54, 1.807) is 0 Å². The van der Waals surface area contributed by atoms with Crippen LogP contribution in [-0.4, -0.2) is 51.4 Å². The number of hydrogen-bond acceptors (Lipinski definition) is 5.